The van der Waals surface area contributed by atoms with E-state index in [4.69, 9.17) is 14.2 Å². The van der Waals surface area contributed by atoms with Crippen molar-refractivity contribution in [3.05, 3.63) is 57.1 Å². The van der Waals surface area contributed by atoms with Crippen molar-refractivity contribution < 1.29 is 23.8 Å². The van der Waals surface area contributed by atoms with Crippen LogP contribution >= 0.6 is 15.9 Å². The molecule has 0 aliphatic rings. The Morgan fingerprint density at radius 2 is 1.60 bits per heavy atom. The zero-order valence-corrected chi connectivity index (χ0v) is 16.1. The quantitative estimate of drug-likeness (QED) is 0.533. The molecule has 0 aromatic heterocycles. The fourth-order valence-corrected chi connectivity index (χ4v) is 2.96. The molecule has 132 valence electrons. The van der Waals surface area contributed by atoms with Crippen LogP contribution < -0.4 is 9.47 Å². The van der Waals surface area contributed by atoms with Crippen molar-refractivity contribution in [2.24, 2.45) is 0 Å². The third-order valence-corrected chi connectivity index (χ3v) is 4.48. The molecular weight excluding hydrogens is 388 g/mol. The van der Waals surface area contributed by atoms with Gasteiger partial charge in [0.25, 0.3) is 0 Å². The fraction of sp³-hybridized carbons (Fsp3) is 0.263. The molecule has 0 radical (unpaired) electrons. The zero-order chi connectivity index (χ0) is 18.6. The molecule has 0 bridgehead atoms. The zero-order valence-electron chi connectivity index (χ0n) is 14.5. The van der Waals surface area contributed by atoms with Gasteiger partial charge >= 0.3 is 5.97 Å². The summed E-state index contributed by atoms with van der Waals surface area (Å²) in [5.74, 6) is 0.00289. The molecule has 2 aromatic rings. The molecule has 0 fully saturated rings. The summed E-state index contributed by atoms with van der Waals surface area (Å²) in [4.78, 5) is 24.5. The number of carbonyl (C=O) groups is 2. The van der Waals surface area contributed by atoms with Crippen molar-refractivity contribution in [1.29, 1.82) is 0 Å². The summed E-state index contributed by atoms with van der Waals surface area (Å²) in [5.41, 5.74) is 2.71. The van der Waals surface area contributed by atoms with Gasteiger partial charge in [0, 0.05) is 5.56 Å². The van der Waals surface area contributed by atoms with E-state index in [0.717, 1.165) is 11.1 Å². The molecular formula is C19H19BrO5. The van der Waals surface area contributed by atoms with Crippen molar-refractivity contribution in [2.45, 2.75) is 13.8 Å². The Labute approximate surface area is 155 Å². The van der Waals surface area contributed by atoms with Crippen molar-refractivity contribution >= 4 is 27.7 Å². The lowest BCUT2D eigenvalue weighted by Crippen LogP contribution is -2.15. The Morgan fingerprint density at radius 1 is 1.00 bits per heavy atom. The van der Waals surface area contributed by atoms with E-state index in [1.807, 2.05) is 26.0 Å². The number of ether oxygens (including phenoxy) is 3. The van der Waals surface area contributed by atoms with Crippen molar-refractivity contribution in [2.75, 3.05) is 20.8 Å². The van der Waals surface area contributed by atoms with E-state index < -0.39 is 5.97 Å². The van der Waals surface area contributed by atoms with Crippen molar-refractivity contribution in [1.82, 2.24) is 0 Å². The molecule has 0 spiro atoms. The molecule has 2 aromatic carbocycles. The highest BCUT2D eigenvalue weighted by Gasteiger charge is 2.17. The van der Waals surface area contributed by atoms with Crippen LogP contribution in [0.5, 0.6) is 11.5 Å². The number of carbonyl (C=O) groups excluding carboxylic acids is 2. The Hall–Kier alpha value is -2.34. The molecule has 0 aliphatic carbocycles. The van der Waals surface area contributed by atoms with Crippen LogP contribution in [0.15, 0.2) is 34.8 Å². The maximum Gasteiger partial charge on any atom is 0.338 e. The summed E-state index contributed by atoms with van der Waals surface area (Å²) >= 11 is 3.34. The molecule has 2 rings (SSSR count). The predicted octanol–water partition coefficient (Wildman–Crippen LogP) is 4.12. The molecule has 0 aliphatic heterocycles. The fourth-order valence-electron chi connectivity index (χ4n) is 2.41. The van der Waals surface area contributed by atoms with Crippen LogP contribution in [0.4, 0.5) is 0 Å². The largest absolute Gasteiger partial charge is 0.495 e. The van der Waals surface area contributed by atoms with E-state index in [2.05, 4.69) is 15.9 Å². The molecule has 0 atom stereocenters. The molecule has 0 N–H and O–H groups in total. The van der Waals surface area contributed by atoms with Gasteiger partial charge in [-0.2, -0.15) is 0 Å². The maximum absolute atomic E-state index is 12.3. The smallest absolute Gasteiger partial charge is 0.338 e. The van der Waals surface area contributed by atoms with Gasteiger partial charge in [0.1, 0.15) is 16.0 Å². The Kier molecular flexibility index (Phi) is 6.20. The average Bonchev–Trinajstić information content (AvgIpc) is 2.59. The van der Waals surface area contributed by atoms with Crippen LogP contribution in [-0.4, -0.2) is 32.6 Å². The summed E-state index contributed by atoms with van der Waals surface area (Å²) in [6.45, 7) is 3.48. The van der Waals surface area contributed by atoms with E-state index in [9.17, 15) is 9.59 Å². The second kappa shape index (κ2) is 8.16. The highest BCUT2D eigenvalue weighted by atomic mass is 79.9. The minimum absolute atomic E-state index is 0.241. The minimum Gasteiger partial charge on any atom is -0.495 e. The first kappa shape index (κ1) is 19.0. The third-order valence-electron chi connectivity index (χ3n) is 3.70. The summed E-state index contributed by atoms with van der Waals surface area (Å²) in [5, 5.41) is 0. The number of hydrogen-bond acceptors (Lipinski definition) is 5. The molecule has 6 heteroatoms. The van der Waals surface area contributed by atoms with E-state index >= 15 is 0 Å². The number of halogens is 1. The molecule has 0 saturated carbocycles. The number of rotatable bonds is 6. The molecule has 0 heterocycles. The lowest BCUT2D eigenvalue weighted by Gasteiger charge is -2.11. The summed E-state index contributed by atoms with van der Waals surface area (Å²) < 4.78 is 16.1. The monoisotopic (exact) mass is 406 g/mol. The van der Waals surface area contributed by atoms with Gasteiger partial charge in [-0.15, -0.1) is 0 Å². The SMILES string of the molecule is COc1cc(C(=O)OCC(=O)c2ccc(C)cc2C)cc(OC)c1Br. The van der Waals surface area contributed by atoms with Gasteiger partial charge in [0.2, 0.25) is 5.78 Å². The lowest BCUT2D eigenvalue weighted by molar-refractivity contribution is 0.0474. The van der Waals surface area contributed by atoms with Gasteiger partial charge in [0.15, 0.2) is 6.61 Å². The first-order valence-corrected chi connectivity index (χ1v) is 8.35. The number of esters is 1. The Balaban J connectivity index is 2.13. The maximum atomic E-state index is 12.3. The molecule has 0 unspecified atom stereocenters. The van der Waals surface area contributed by atoms with E-state index in [0.29, 0.717) is 21.5 Å². The number of methoxy groups -OCH3 is 2. The Morgan fingerprint density at radius 3 is 2.12 bits per heavy atom. The van der Waals surface area contributed by atoms with E-state index in [-0.39, 0.29) is 18.0 Å². The highest BCUT2D eigenvalue weighted by molar-refractivity contribution is 9.10. The van der Waals surface area contributed by atoms with Crippen LogP contribution in [0.1, 0.15) is 31.8 Å². The van der Waals surface area contributed by atoms with Crippen LogP contribution in [-0.2, 0) is 4.74 Å². The number of hydrogen-bond donors (Lipinski definition) is 0. The van der Waals surface area contributed by atoms with Crippen LogP contribution in [0.25, 0.3) is 0 Å². The van der Waals surface area contributed by atoms with Gasteiger partial charge in [-0.25, -0.2) is 4.79 Å². The molecule has 0 amide bonds. The predicted molar refractivity (Wildman–Crippen MR) is 97.8 cm³/mol. The topological polar surface area (TPSA) is 61.8 Å². The summed E-state index contributed by atoms with van der Waals surface area (Å²) in [6.07, 6.45) is 0. The van der Waals surface area contributed by atoms with Crippen LogP contribution in [0.3, 0.4) is 0 Å². The minimum atomic E-state index is -0.623. The molecule has 0 saturated heterocycles. The lowest BCUT2D eigenvalue weighted by atomic mass is 10.0. The van der Waals surface area contributed by atoms with Gasteiger partial charge in [-0.05, 0) is 47.5 Å². The summed E-state index contributed by atoms with van der Waals surface area (Å²) in [6, 6.07) is 8.56. The average molecular weight is 407 g/mol. The molecule has 5 nitrogen and oxygen atoms in total. The van der Waals surface area contributed by atoms with E-state index in [1.165, 1.54) is 26.4 Å². The standard InChI is InChI=1S/C19H19BrO5/c1-11-5-6-14(12(2)7-11)15(21)10-25-19(22)13-8-16(23-3)18(20)17(9-13)24-4/h5-9H,10H2,1-4H3. The first-order chi connectivity index (χ1) is 11.9. The first-order valence-electron chi connectivity index (χ1n) is 7.56. The van der Waals surface area contributed by atoms with Gasteiger partial charge in [-0.3, -0.25) is 4.79 Å². The Bertz CT molecular complexity index is 788. The van der Waals surface area contributed by atoms with Crippen LogP contribution in [0.2, 0.25) is 0 Å². The second-order valence-electron chi connectivity index (χ2n) is 5.51. The number of benzene rings is 2. The third kappa shape index (κ3) is 4.39. The van der Waals surface area contributed by atoms with Crippen molar-refractivity contribution in [3.8, 4) is 11.5 Å². The van der Waals surface area contributed by atoms with Gasteiger partial charge < -0.3 is 14.2 Å². The number of aryl methyl sites for hydroxylation is 2. The van der Waals surface area contributed by atoms with E-state index in [1.54, 1.807) is 6.07 Å². The number of ketones is 1. The normalized spacial score (nSPS) is 10.3. The van der Waals surface area contributed by atoms with Crippen molar-refractivity contribution in [3.63, 3.8) is 0 Å². The summed E-state index contributed by atoms with van der Waals surface area (Å²) in [7, 11) is 2.97. The van der Waals surface area contributed by atoms with Crippen LogP contribution in [0, 0.1) is 13.8 Å². The highest BCUT2D eigenvalue weighted by Crippen LogP contribution is 2.35. The number of Topliss-reactive ketones (excluding diaryl/α,β-unsaturated/α-hetero) is 1. The van der Waals surface area contributed by atoms with Gasteiger partial charge in [-0.1, -0.05) is 23.8 Å². The second-order valence-corrected chi connectivity index (χ2v) is 6.31. The van der Waals surface area contributed by atoms with Gasteiger partial charge in [0.05, 0.1) is 19.8 Å². The molecule has 25 heavy (non-hydrogen) atoms.